The molecule has 120 valence electrons. The number of carbonyl (C=O) groups is 2. The molecule has 0 bridgehead atoms. The van der Waals surface area contributed by atoms with E-state index in [-0.39, 0.29) is 18.4 Å². The monoisotopic (exact) mass is 305 g/mol. The van der Waals surface area contributed by atoms with Gasteiger partial charge in [-0.1, -0.05) is 32.4 Å². The fourth-order valence-electron chi connectivity index (χ4n) is 2.22. The largest absolute Gasteiger partial charge is 0.379 e. The summed E-state index contributed by atoms with van der Waals surface area (Å²) in [4.78, 5) is 25.5. The summed E-state index contributed by atoms with van der Waals surface area (Å²) in [6, 6.07) is 6.88. The number of imide groups is 1. The van der Waals surface area contributed by atoms with Gasteiger partial charge in [-0.25, -0.2) is 0 Å². The summed E-state index contributed by atoms with van der Waals surface area (Å²) in [5, 5.41) is 0. The molecule has 0 aromatic heterocycles. The third-order valence-corrected chi connectivity index (χ3v) is 3.81. The molecule has 1 aliphatic heterocycles. The molecule has 5 nitrogen and oxygen atoms in total. The van der Waals surface area contributed by atoms with Gasteiger partial charge < -0.3 is 9.47 Å². The summed E-state index contributed by atoms with van der Waals surface area (Å²) in [5.74, 6) is 0.0767. The van der Waals surface area contributed by atoms with Crippen molar-refractivity contribution in [3.05, 3.63) is 35.4 Å². The summed E-state index contributed by atoms with van der Waals surface area (Å²) in [6.45, 7) is 6.62. The van der Waals surface area contributed by atoms with Crippen LogP contribution in [0.2, 0.25) is 0 Å². The van der Waals surface area contributed by atoms with Gasteiger partial charge in [0.25, 0.3) is 11.8 Å². The standard InChI is InChI=1S/C17H23NO4/c1-3-13(2)12-22-11-10-21-9-8-18-16(19)14-6-4-5-7-15(14)17(18)20/h4-7,13H,3,8-12H2,1-2H3. The van der Waals surface area contributed by atoms with Crippen molar-refractivity contribution in [1.29, 1.82) is 0 Å². The van der Waals surface area contributed by atoms with Crippen molar-refractivity contribution < 1.29 is 19.1 Å². The molecule has 0 aliphatic carbocycles. The van der Waals surface area contributed by atoms with Crippen LogP contribution in [0.15, 0.2) is 24.3 Å². The molecule has 2 rings (SSSR count). The van der Waals surface area contributed by atoms with Gasteiger partial charge in [0, 0.05) is 6.61 Å². The molecule has 22 heavy (non-hydrogen) atoms. The molecular weight excluding hydrogens is 282 g/mol. The van der Waals surface area contributed by atoms with E-state index in [0.717, 1.165) is 13.0 Å². The van der Waals surface area contributed by atoms with Crippen molar-refractivity contribution in [2.75, 3.05) is 33.0 Å². The lowest BCUT2D eigenvalue weighted by molar-refractivity contribution is 0.0272. The molecule has 1 atom stereocenters. The van der Waals surface area contributed by atoms with Crippen LogP contribution in [0.4, 0.5) is 0 Å². The lowest BCUT2D eigenvalue weighted by atomic mass is 10.1. The molecule has 2 amide bonds. The highest BCUT2D eigenvalue weighted by atomic mass is 16.5. The highest BCUT2D eigenvalue weighted by molar-refractivity contribution is 6.21. The van der Waals surface area contributed by atoms with E-state index in [4.69, 9.17) is 9.47 Å². The van der Waals surface area contributed by atoms with E-state index in [1.54, 1.807) is 24.3 Å². The summed E-state index contributed by atoms with van der Waals surface area (Å²) >= 11 is 0. The Morgan fingerprint density at radius 3 is 2.18 bits per heavy atom. The van der Waals surface area contributed by atoms with Crippen LogP contribution >= 0.6 is 0 Å². The van der Waals surface area contributed by atoms with Gasteiger partial charge in [-0.15, -0.1) is 0 Å². The molecule has 0 spiro atoms. The van der Waals surface area contributed by atoms with Crippen molar-refractivity contribution >= 4 is 11.8 Å². The summed E-state index contributed by atoms with van der Waals surface area (Å²) in [6.07, 6.45) is 1.10. The number of rotatable bonds is 9. The highest BCUT2D eigenvalue weighted by Crippen LogP contribution is 2.21. The van der Waals surface area contributed by atoms with Crippen molar-refractivity contribution in [2.24, 2.45) is 5.92 Å². The third-order valence-electron chi connectivity index (χ3n) is 3.81. The molecule has 0 N–H and O–H groups in total. The number of ether oxygens (including phenoxy) is 2. The molecule has 0 saturated carbocycles. The minimum atomic E-state index is -0.239. The maximum absolute atomic E-state index is 12.1. The fraction of sp³-hybridized carbons (Fsp3) is 0.529. The van der Waals surface area contributed by atoms with Gasteiger partial charge >= 0.3 is 0 Å². The van der Waals surface area contributed by atoms with Crippen molar-refractivity contribution in [3.63, 3.8) is 0 Å². The van der Waals surface area contributed by atoms with Gasteiger partial charge in [0.2, 0.25) is 0 Å². The van der Waals surface area contributed by atoms with E-state index < -0.39 is 0 Å². The predicted octanol–water partition coefficient (Wildman–Crippen LogP) is 2.36. The lowest BCUT2D eigenvalue weighted by Gasteiger charge is -2.14. The van der Waals surface area contributed by atoms with Gasteiger partial charge in [-0.3, -0.25) is 14.5 Å². The second-order valence-electron chi connectivity index (χ2n) is 5.51. The van der Waals surface area contributed by atoms with Gasteiger partial charge in [0.1, 0.15) is 0 Å². The Balaban J connectivity index is 1.67. The van der Waals surface area contributed by atoms with Crippen LogP contribution in [0.1, 0.15) is 41.0 Å². The van der Waals surface area contributed by atoms with Gasteiger partial charge in [0.05, 0.1) is 37.5 Å². The normalized spacial score (nSPS) is 15.3. The third kappa shape index (κ3) is 3.93. The Morgan fingerprint density at radius 2 is 1.59 bits per heavy atom. The zero-order chi connectivity index (χ0) is 15.9. The zero-order valence-electron chi connectivity index (χ0n) is 13.2. The van der Waals surface area contributed by atoms with Crippen LogP contribution < -0.4 is 0 Å². The topological polar surface area (TPSA) is 55.8 Å². The Hall–Kier alpha value is -1.72. The van der Waals surface area contributed by atoms with Gasteiger partial charge in [0.15, 0.2) is 0 Å². The van der Waals surface area contributed by atoms with Crippen LogP contribution in [0.3, 0.4) is 0 Å². The van der Waals surface area contributed by atoms with E-state index >= 15 is 0 Å². The van der Waals surface area contributed by atoms with Crippen LogP contribution in [-0.2, 0) is 9.47 Å². The number of carbonyl (C=O) groups excluding carboxylic acids is 2. The summed E-state index contributed by atoms with van der Waals surface area (Å²) in [5.41, 5.74) is 0.953. The highest BCUT2D eigenvalue weighted by Gasteiger charge is 2.34. The van der Waals surface area contributed by atoms with Crippen molar-refractivity contribution in [2.45, 2.75) is 20.3 Å². The van der Waals surface area contributed by atoms with Crippen molar-refractivity contribution in [1.82, 2.24) is 4.90 Å². The molecule has 1 aliphatic rings. The number of benzene rings is 1. The van der Waals surface area contributed by atoms with Crippen molar-refractivity contribution in [3.8, 4) is 0 Å². The predicted molar refractivity (Wildman–Crippen MR) is 82.9 cm³/mol. The smallest absolute Gasteiger partial charge is 0.261 e. The number of amides is 2. The summed E-state index contributed by atoms with van der Waals surface area (Å²) < 4.78 is 10.9. The van der Waals surface area contributed by atoms with Gasteiger partial charge in [-0.05, 0) is 18.1 Å². The Labute approximate surface area is 131 Å². The molecule has 0 fully saturated rings. The van der Waals surface area contributed by atoms with E-state index in [1.807, 2.05) is 0 Å². The molecule has 1 unspecified atom stereocenters. The summed E-state index contributed by atoms with van der Waals surface area (Å²) in [7, 11) is 0. The minimum Gasteiger partial charge on any atom is -0.379 e. The van der Waals surface area contributed by atoms with Crippen LogP contribution in [0.25, 0.3) is 0 Å². The molecule has 0 saturated heterocycles. The lowest BCUT2D eigenvalue weighted by Crippen LogP contribution is -2.33. The second kappa shape index (κ2) is 8.06. The van der Waals surface area contributed by atoms with Crippen LogP contribution in [0.5, 0.6) is 0 Å². The number of nitrogens with zero attached hydrogens (tertiary/aromatic N) is 1. The van der Waals surface area contributed by atoms with Crippen LogP contribution in [-0.4, -0.2) is 49.7 Å². The Kier molecular flexibility index (Phi) is 6.10. The SMILES string of the molecule is CCC(C)COCCOCCN1C(=O)c2ccccc2C1=O. The molecule has 5 heteroatoms. The van der Waals surface area contributed by atoms with E-state index in [2.05, 4.69) is 13.8 Å². The molecule has 0 radical (unpaired) electrons. The first kappa shape index (κ1) is 16.6. The van der Waals surface area contributed by atoms with Gasteiger partial charge in [-0.2, -0.15) is 0 Å². The number of fused-ring (bicyclic) bond motifs is 1. The van der Waals surface area contributed by atoms with E-state index in [0.29, 0.717) is 36.9 Å². The maximum atomic E-state index is 12.1. The second-order valence-corrected chi connectivity index (χ2v) is 5.51. The number of hydrogen-bond acceptors (Lipinski definition) is 4. The first-order chi connectivity index (χ1) is 10.6. The fourth-order valence-corrected chi connectivity index (χ4v) is 2.22. The van der Waals surface area contributed by atoms with E-state index in [1.165, 1.54) is 4.90 Å². The number of hydrogen-bond donors (Lipinski definition) is 0. The minimum absolute atomic E-state index is 0.239. The quantitative estimate of drug-likeness (QED) is 0.519. The molecular formula is C17H23NO4. The zero-order valence-corrected chi connectivity index (χ0v) is 13.2. The first-order valence-corrected chi connectivity index (χ1v) is 7.75. The first-order valence-electron chi connectivity index (χ1n) is 7.75. The maximum Gasteiger partial charge on any atom is 0.261 e. The average molecular weight is 305 g/mol. The van der Waals surface area contributed by atoms with Crippen LogP contribution in [0, 0.1) is 5.92 Å². The molecule has 1 aromatic rings. The average Bonchev–Trinajstić information content (AvgIpc) is 2.78. The van der Waals surface area contributed by atoms with E-state index in [9.17, 15) is 9.59 Å². The molecule has 1 aromatic carbocycles. The molecule has 1 heterocycles. The Bertz CT molecular complexity index is 494. The Morgan fingerprint density at radius 1 is 1.00 bits per heavy atom.